The molecule has 25 heavy (non-hydrogen) atoms. The molecule has 0 aliphatic carbocycles. The largest absolute Gasteiger partial charge is 0.493 e. The second kappa shape index (κ2) is 10.4. The summed E-state index contributed by atoms with van der Waals surface area (Å²) >= 11 is 0. The minimum absolute atomic E-state index is 0.0331. The molecule has 2 atom stereocenters. The number of benzene rings is 1. The number of rotatable bonds is 9. The molecule has 2 unspecified atom stereocenters. The van der Waals surface area contributed by atoms with Gasteiger partial charge in [0.05, 0.1) is 20.3 Å². The predicted octanol–water partition coefficient (Wildman–Crippen LogP) is -1.14. The van der Waals surface area contributed by atoms with E-state index < -0.39 is 37.4 Å². The lowest BCUT2D eigenvalue weighted by molar-refractivity contribution is -0.145. The topological polar surface area (TPSA) is 143 Å². The SMILES string of the molecule is COc1cc(C=CC(=O)OCC(O)CO)ccc1OC(=O)C(O)CO. The van der Waals surface area contributed by atoms with Gasteiger partial charge in [0.2, 0.25) is 0 Å². The summed E-state index contributed by atoms with van der Waals surface area (Å²) in [6.45, 7) is -1.61. The molecule has 0 heterocycles. The molecule has 9 heteroatoms. The Balaban J connectivity index is 2.75. The van der Waals surface area contributed by atoms with Gasteiger partial charge in [0.25, 0.3) is 0 Å². The predicted molar refractivity (Wildman–Crippen MR) is 84.8 cm³/mol. The molecular formula is C16H20O9. The van der Waals surface area contributed by atoms with Gasteiger partial charge < -0.3 is 34.6 Å². The van der Waals surface area contributed by atoms with Gasteiger partial charge in [-0.3, -0.25) is 0 Å². The highest BCUT2D eigenvalue weighted by molar-refractivity contribution is 5.87. The number of hydrogen-bond donors (Lipinski definition) is 4. The average molecular weight is 356 g/mol. The van der Waals surface area contributed by atoms with Gasteiger partial charge in [-0.2, -0.15) is 0 Å². The van der Waals surface area contributed by atoms with E-state index in [0.717, 1.165) is 6.08 Å². The van der Waals surface area contributed by atoms with Crippen LogP contribution in [-0.4, -0.2) is 71.5 Å². The molecule has 1 rings (SSSR count). The Morgan fingerprint density at radius 3 is 2.48 bits per heavy atom. The van der Waals surface area contributed by atoms with E-state index in [-0.39, 0.29) is 18.1 Å². The number of ether oxygens (including phenoxy) is 3. The van der Waals surface area contributed by atoms with Crippen LogP contribution >= 0.6 is 0 Å². The van der Waals surface area contributed by atoms with E-state index in [1.54, 1.807) is 0 Å². The maximum atomic E-state index is 11.5. The lowest BCUT2D eigenvalue weighted by Crippen LogP contribution is -2.28. The van der Waals surface area contributed by atoms with Crippen LogP contribution in [0.3, 0.4) is 0 Å². The van der Waals surface area contributed by atoms with Crippen LogP contribution in [0, 0.1) is 0 Å². The van der Waals surface area contributed by atoms with Gasteiger partial charge in [-0.05, 0) is 23.8 Å². The summed E-state index contributed by atoms with van der Waals surface area (Å²) in [5.74, 6) is -1.54. The maximum absolute atomic E-state index is 11.5. The smallest absolute Gasteiger partial charge is 0.342 e. The number of aliphatic hydroxyl groups excluding tert-OH is 4. The molecule has 9 nitrogen and oxygen atoms in total. The molecule has 0 aromatic heterocycles. The van der Waals surface area contributed by atoms with Crippen molar-refractivity contribution in [3.8, 4) is 11.5 Å². The molecule has 0 aliphatic heterocycles. The van der Waals surface area contributed by atoms with E-state index in [2.05, 4.69) is 0 Å². The Labute approximate surface area is 143 Å². The highest BCUT2D eigenvalue weighted by Gasteiger charge is 2.18. The van der Waals surface area contributed by atoms with Gasteiger partial charge in [-0.1, -0.05) is 6.07 Å². The van der Waals surface area contributed by atoms with Gasteiger partial charge in [0.15, 0.2) is 17.6 Å². The molecule has 0 amide bonds. The summed E-state index contributed by atoms with van der Waals surface area (Å²) in [5.41, 5.74) is 0.527. The molecule has 0 saturated carbocycles. The van der Waals surface area contributed by atoms with Crippen LogP contribution in [0.25, 0.3) is 6.08 Å². The molecule has 0 saturated heterocycles. The summed E-state index contributed by atoms with van der Waals surface area (Å²) in [6.07, 6.45) is -0.279. The van der Waals surface area contributed by atoms with Gasteiger partial charge in [0.1, 0.15) is 12.7 Å². The van der Waals surface area contributed by atoms with Crippen molar-refractivity contribution >= 4 is 18.0 Å². The summed E-state index contributed by atoms with van der Waals surface area (Å²) in [6, 6.07) is 4.38. The zero-order chi connectivity index (χ0) is 18.8. The van der Waals surface area contributed by atoms with E-state index in [0.29, 0.717) is 5.56 Å². The molecule has 0 radical (unpaired) electrons. The standard InChI is InChI=1S/C16H20O9/c1-23-14-6-10(3-5-15(21)24-9-11(19)7-17)2-4-13(14)25-16(22)12(20)8-18/h2-6,11-12,17-20H,7-9H2,1H3. The fourth-order valence-corrected chi connectivity index (χ4v) is 1.57. The van der Waals surface area contributed by atoms with Crippen molar-refractivity contribution in [2.45, 2.75) is 12.2 Å². The Kier molecular flexibility index (Phi) is 8.57. The number of carbonyl (C=O) groups excluding carboxylic acids is 2. The Bertz CT molecular complexity index is 612. The van der Waals surface area contributed by atoms with Gasteiger partial charge in [-0.15, -0.1) is 0 Å². The van der Waals surface area contributed by atoms with Crippen LogP contribution in [-0.2, 0) is 14.3 Å². The highest BCUT2D eigenvalue weighted by atomic mass is 16.6. The summed E-state index contributed by atoms with van der Waals surface area (Å²) in [7, 11) is 1.34. The van der Waals surface area contributed by atoms with Crippen LogP contribution in [0.1, 0.15) is 5.56 Å². The monoisotopic (exact) mass is 356 g/mol. The third-order valence-electron chi connectivity index (χ3n) is 2.88. The van der Waals surface area contributed by atoms with E-state index >= 15 is 0 Å². The number of methoxy groups -OCH3 is 1. The number of aliphatic hydroxyl groups is 4. The minimum Gasteiger partial charge on any atom is -0.493 e. The first-order valence-corrected chi connectivity index (χ1v) is 7.23. The zero-order valence-electron chi connectivity index (χ0n) is 13.5. The first-order valence-electron chi connectivity index (χ1n) is 7.23. The van der Waals surface area contributed by atoms with Crippen molar-refractivity contribution in [2.24, 2.45) is 0 Å². The van der Waals surface area contributed by atoms with Crippen LogP contribution in [0.2, 0.25) is 0 Å². The average Bonchev–Trinajstić information content (AvgIpc) is 2.64. The quantitative estimate of drug-likeness (QED) is 0.245. The third-order valence-corrected chi connectivity index (χ3v) is 2.88. The molecule has 0 spiro atoms. The molecular weight excluding hydrogens is 336 g/mol. The first kappa shape index (κ1) is 20.6. The lowest BCUT2D eigenvalue weighted by atomic mass is 10.2. The van der Waals surface area contributed by atoms with Gasteiger partial charge >= 0.3 is 11.9 Å². The van der Waals surface area contributed by atoms with Crippen LogP contribution in [0.4, 0.5) is 0 Å². The highest BCUT2D eigenvalue weighted by Crippen LogP contribution is 2.29. The summed E-state index contributed by atoms with van der Waals surface area (Å²) in [4.78, 5) is 22.9. The number of carbonyl (C=O) groups is 2. The van der Waals surface area contributed by atoms with Crippen LogP contribution in [0.15, 0.2) is 24.3 Å². The Morgan fingerprint density at radius 1 is 1.16 bits per heavy atom. The second-order valence-electron chi connectivity index (χ2n) is 4.83. The molecule has 0 aliphatic rings. The van der Waals surface area contributed by atoms with Crippen molar-refractivity contribution in [3.63, 3.8) is 0 Å². The summed E-state index contributed by atoms with van der Waals surface area (Å²) in [5, 5.41) is 35.6. The third kappa shape index (κ3) is 6.89. The van der Waals surface area contributed by atoms with Gasteiger partial charge in [0, 0.05) is 6.08 Å². The fraction of sp³-hybridized carbons (Fsp3) is 0.375. The van der Waals surface area contributed by atoms with Crippen molar-refractivity contribution in [1.82, 2.24) is 0 Å². The first-order chi connectivity index (χ1) is 11.9. The van der Waals surface area contributed by atoms with E-state index in [1.807, 2.05) is 0 Å². The number of esters is 2. The van der Waals surface area contributed by atoms with Crippen molar-refractivity contribution in [2.75, 3.05) is 26.9 Å². The molecule has 138 valence electrons. The molecule has 0 fully saturated rings. The zero-order valence-corrected chi connectivity index (χ0v) is 13.5. The molecule has 4 N–H and O–H groups in total. The van der Waals surface area contributed by atoms with Crippen LogP contribution < -0.4 is 9.47 Å². The fourth-order valence-electron chi connectivity index (χ4n) is 1.57. The van der Waals surface area contributed by atoms with Gasteiger partial charge in [-0.25, -0.2) is 9.59 Å². The van der Waals surface area contributed by atoms with E-state index in [9.17, 15) is 14.7 Å². The second-order valence-corrected chi connectivity index (χ2v) is 4.83. The van der Waals surface area contributed by atoms with Crippen molar-refractivity contribution in [1.29, 1.82) is 0 Å². The maximum Gasteiger partial charge on any atom is 0.342 e. The van der Waals surface area contributed by atoms with Crippen molar-refractivity contribution < 1.29 is 44.2 Å². The normalized spacial score (nSPS) is 13.3. The molecule has 1 aromatic rings. The van der Waals surface area contributed by atoms with E-state index in [4.69, 9.17) is 29.5 Å². The summed E-state index contributed by atoms with van der Waals surface area (Å²) < 4.78 is 14.7. The molecule has 0 bridgehead atoms. The Morgan fingerprint density at radius 2 is 1.88 bits per heavy atom. The number of hydrogen-bond acceptors (Lipinski definition) is 9. The van der Waals surface area contributed by atoms with Crippen LogP contribution in [0.5, 0.6) is 11.5 Å². The molecule has 1 aromatic carbocycles. The Hall–Kier alpha value is -2.46. The van der Waals surface area contributed by atoms with Crippen molar-refractivity contribution in [3.05, 3.63) is 29.8 Å². The lowest BCUT2D eigenvalue weighted by Gasteiger charge is -2.11. The minimum atomic E-state index is -1.66. The van der Waals surface area contributed by atoms with E-state index in [1.165, 1.54) is 31.4 Å².